The molecule has 0 unspecified atom stereocenters. The van der Waals surface area contributed by atoms with E-state index in [-0.39, 0.29) is 17.4 Å². The van der Waals surface area contributed by atoms with Gasteiger partial charge in [0.05, 0.1) is 17.6 Å². The number of anilines is 1. The Hall–Kier alpha value is -3.27. The summed E-state index contributed by atoms with van der Waals surface area (Å²) >= 11 is 0. The number of aromatic nitrogens is 2. The normalized spacial score (nSPS) is 10.3. The Kier molecular flexibility index (Phi) is 5.22. The first-order valence-electron chi connectivity index (χ1n) is 6.72. The van der Waals surface area contributed by atoms with Crippen LogP contribution >= 0.6 is 0 Å². The van der Waals surface area contributed by atoms with Crippen molar-refractivity contribution in [2.75, 3.05) is 26.6 Å². The predicted molar refractivity (Wildman–Crippen MR) is 83.9 cm³/mol. The lowest BCUT2D eigenvalue weighted by Gasteiger charge is -2.13. The van der Waals surface area contributed by atoms with Crippen molar-refractivity contribution in [3.05, 3.63) is 46.3 Å². The summed E-state index contributed by atoms with van der Waals surface area (Å²) in [4.78, 5) is 29.7. The number of hydrogen-bond donors (Lipinski definition) is 1. The zero-order chi connectivity index (χ0) is 17.7. The summed E-state index contributed by atoms with van der Waals surface area (Å²) in [5.41, 5.74) is 2.64. The number of rotatable bonds is 6. The second-order valence-electron chi connectivity index (χ2n) is 4.76. The molecule has 0 fully saturated rings. The zero-order valence-electron chi connectivity index (χ0n) is 13.2. The molecule has 2 aromatic rings. The number of carbonyl (C=O) groups is 1. The van der Waals surface area contributed by atoms with E-state index in [1.165, 1.54) is 36.4 Å². The Balaban J connectivity index is 2.32. The largest absolute Gasteiger partial charge is 0.465 e. The van der Waals surface area contributed by atoms with Gasteiger partial charge in [-0.05, 0) is 24.3 Å². The Labute approximate surface area is 137 Å². The highest BCUT2D eigenvalue weighted by molar-refractivity contribution is 5.89. The molecule has 0 spiro atoms. The number of hydrogen-bond acceptors (Lipinski definition) is 9. The van der Waals surface area contributed by atoms with Crippen LogP contribution in [0.25, 0.3) is 0 Å². The van der Waals surface area contributed by atoms with Crippen molar-refractivity contribution in [3.63, 3.8) is 0 Å². The van der Waals surface area contributed by atoms with Gasteiger partial charge in [-0.25, -0.2) is 14.8 Å². The third-order valence-corrected chi connectivity index (χ3v) is 2.79. The molecule has 1 aromatic heterocycles. The van der Waals surface area contributed by atoms with Gasteiger partial charge >= 0.3 is 17.5 Å². The van der Waals surface area contributed by atoms with Gasteiger partial charge in [0.15, 0.2) is 0 Å². The number of nitrogens with one attached hydrogen (secondary N) is 1. The summed E-state index contributed by atoms with van der Waals surface area (Å²) < 4.78 is 10.1. The van der Waals surface area contributed by atoms with E-state index in [1.54, 1.807) is 14.1 Å². The van der Waals surface area contributed by atoms with Crippen molar-refractivity contribution in [2.45, 2.75) is 0 Å². The lowest BCUT2D eigenvalue weighted by Crippen LogP contribution is -2.21. The molecule has 0 aliphatic heterocycles. The van der Waals surface area contributed by atoms with Crippen LogP contribution in [0.4, 0.5) is 11.5 Å². The van der Waals surface area contributed by atoms with Gasteiger partial charge in [-0.3, -0.25) is 15.5 Å². The molecular weight excluding hydrogens is 318 g/mol. The minimum Gasteiger partial charge on any atom is -0.465 e. The van der Waals surface area contributed by atoms with Crippen LogP contribution in [-0.4, -0.2) is 47.1 Å². The average Bonchev–Trinajstić information content (AvgIpc) is 2.54. The smallest absolute Gasteiger partial charge is 0.374 e. The maximum absolute atomic E-state index is 11.4. The molecule has 10 heteroatoms. The van der Waals surface area contributed by atoms with E-state index in [1.807, 2.05) is 0 Å². The quantitative estimate of drug-likeness (QED) is 0.479. The van der Waals surface area contributed by atoms with Crippen LogP contribution in [0.2, 0.25) is 0 Å². The van der Waals surface area contributed by atoms with Crippen molar-refractivity contribution in [1.82, 2.24) is 15.0 Å². The lowest BCUT2D eigenvalue weighted by atomic mass is 10.2. The minimum atomic E-state index is -0.635. The predicted octanol–water partition coefficient (Wildman–Crippen LogP) is 1.85. The molecule has 126 valence electrons. The number of ether oxygens (including phenoxy) is 2. The molecule has 1 aromatic carbocycles. The molecule has 10 nitrogen and oxygen atoms in total. The maximum atomic E-state index is 11.4. The maximum Gasteiger partial charge on any atom is 0.374 e. The molecule has 0 aliphatic carbocycles. The van der Waals surface area contributed by atoms with Crippen molar-refractivity contribution in [2.24, 2.45) is 0 Å². The minimum absolute atomic E-state index is 0.00109. The summed E-state index contributed by atoms with van der Waals surface area (Å²) in [5, 5.41) is 12.8. The Bertz CT molecular complexity index is 748. The lowest BCUT2D eigenvalue weighted by molar-refractivity contribution is -0.385. The van der Waals surface area contributed by atoms with Crippen LogP contribution in [0.5, 0.6) is 11.6 Å². The molecular formula is C14H15N5O5. The standard InChI is InChI=1S/C14H15N5O5/c1-18(2)17-12-11(19(21)22)13(16-8-15-12)24-10-6-4-9(5-7-10)14(20)23-3/h4-8H,1-3H3,(H,15,16,17). The van der Waals surface area contributed by atoms with Gasteiger partial charge < -0.3 is 9.47 Å². The van der Waals surface area contributed by atoms with Crippen molar-refractivity contribution in [1.29, 1.82) is 0 Å². The third-order valence-electron chi connectivity index (χ3n) is 2.79. The van der Waals surface area contributed by atoms with Crippen LogP contribution in [0, 0.1) is 10.1 Å². The Morgan fingerprint density at radius 1 is 1.25 bits per heavy atom. The highest BCUT2D eigenvalue weighted by atomic mass is 16.6. The zero-order valence-corrected chi connectivity index (χ0v) is 13.2. The number of methoxy groups -OCH3 is 1. The fourth-order valence-electron chi connectivity index (χ4n) is 1.78. The summed E-state index contributed by atoms with van der Waals surface area (Å²) in [7, 11) is 4.60. The van der Waals surface area contributed by atoms with Crippen LogP contribution in [0.1, 0.15) is 10.4 Å². The van der Waals surface area contributed by atoms with E-state index < -0.39 is 16.6 Å². The van der Waals surface area contributed by atoms with E-state index >= 15 is 0 Å². The SMILES string of the molecule is COC(=O)c1ccc(Oc2ncnc(NN(C)C)c2[N+](=O)[O-])cc1. The number of nitrogens with zero attached hydrogens (tertiary/aromatic N) is 4. The third kappa shape index (κ3) is 3.93. The number of carbonyl (C=O) groups excluding carboxylic acids is 1. The van der Waals surface area contributed by atoms with Gasteiger partial charge in [0.1, 0.15) is 12.1 Å². The summed E-state index contributed by atoms with van der Waals surface area (Å²) in [6.07, 6.45) is 1.15. The molecule has 0 amide bonds. The highest BCUT2D eigenvalue weighted by Crippen LogP contribution is 2.34. The Morgan fingerprint density at radius 2 is 1.92 bits per heavy atom. The molecule has 0 radical (unpaired) electrons. The fraction of sp³-hybridized carbons (Fsp3) is 0.214. The van der Waals surface area contributed by atoms with Gasteiger partial charge in [0.2, 0.25) is 5.82 Å². The van der Waals surface area contributed by atoms with Crippen LogP contribution in [0.3, 0.4) is 0 Å². The van der Waals surface area contributed by atoms with Crippen molar-refractivity contribution < 1.29 is 19.2 Å². The molecule has 0 aliphatic rings. The molecule has 1 heterocycles. The molecule has 2 rings (SSSR count). The van der Waals surface area contributed by atoms with Gasteiger partial charge in [-0.15, -0.1) is 0 Å². The first-order chi connectivity index (χ1) is 11.4. The van der Waals surface area contributed by atoms with E-state index in [4.69, 9.17) is 4.74 Å². The highest BCUT2D eigenvalue weighted by Gasteiger charge is 2.25. The number of esters is 1. The van der Waals surface area contributed by atoms with Gasteiger partial charge in [0, 0.05) is 14.1 Å². The molecule has 0 saturated carbocycles. The molecule has 0 bridgehead atoms. The van der Waals surface area contributed by atoms with Gasteiger partial charge in [-0.2, -0.15) is 4.98 Å². The molecule has 0 saturated heterocycles. The average molecular weight is 333 g/mol. The fourth-order valence-corrected chi connectivity index (χ4v) is 1.78. The summed E-state index contributed by atoms with van der Waals surface area (Å²) in [5.74, 6) is -0.432. The summed E-state index contributed by atoms with van der Waals surface area (Å²) in [6.45, 7) is 0. The molecule has 0 atom stereocenters. The van der Waals surface area contributed by atoms with Gasteiger partial charge in [-0.1, -0.05) is 0 Å². The van der Waals surface area contributed by atoms with E-state index in [0.717, 1.165) is 6.33 Å². The topological polar surface area (TPSA) is 120 Å². The van der Waals surface area contributed by atoms with E-state index in [2.05, 4.69) is 20.1 Å². The number of benzene rings is 1. The first-order valence-corrected chi connectivity index (χ1v) is 6.72. The monoisotopic (exact) mass is 333 g/mol. The van der Waals surface area contributed by atoms with E-state index in [0.29, 0.717) is 5.56 Å². The van der Waals surface area contributed by atoms with Crippen LogP contribution in [-0.2, 0) is 4.74 Å². The van der Waals surface area contributed by atoms with Gasteiger partial charge in [0.25, 0.3) is 0 Å². The van der Waals surface area contributed by atoms with Crippen molar-refractivity contribution >= 4 is 17.5 Å². The van der Waals surface area contributed by atoms with Crippen LogP contribution < -0.4 is 10.2 Å². The molecule has 24 heavy (non-hydrogen) atoms. The van der Waals surface area contributed by atoms with Crippen molar-refractivity contribution in [3.8, 4) is 11.6 Å². The second kappa shape index (κ2) is 7.33. The number of nitro groups is 1. The summed E-state index contributed by atoms with van der Waals surface area (Å²) in [6, 6.07) is 5.93. The first kappa shape index (κ1) is 17.1. The Morgan fingerprint density at radius 3 is 2.46 bits per heavy atom. The number of hydrazine groups is 1. The molecule has 1 N–H and O–H groups in total. The van der Waals surface area contributed by atoms with Crippen LogP contribution in [0.15, 0.2) is 30.6 Å². The van der Waals surface area contributed by atoms with E-state index in [9.17, 15) is 14.9 Å². The second-order valence-corrected chi connectivity index (χ2v) is 4.76.